The molecule has 1 aliphatic rings. The SMILES string of the molecule is CCCNC1CCC(C)CC1N(C)CCc1ccncc1. The lowest BCUT2D eigenvalue weighted by Crippen LogP contribution is -2.52. The Morgan fingerprint density at radius 2 is 2.05 bits per heavy atom. The van der Waals surface area contributed by atoms with E-state index in [9.17, 15) is 0 Å². The van der Waals surface area contributed by atoms with E-state index in [4.69, 9.17) is 0 Å². The quantitative estimate of drug-likeness (QED) is 0.836. The van der Waals surface area contributed by atoms with Crippen molar-refractivity contribution in [3.63, 3.8) is 0 Å². The summed E-state index contributed by atoms with van der Waals surface area (Å²) >= 11 is 0. The number of likely N-dealkylation sites (N-methyl/N-ethyl adjacent to an activating group) is 1. The average molecular weight is 289 g/mol. The van der Waals surface area contributed by atoms with E-state index in [1.807, 2.05) is 12.4 Å². The molecule has 1 aliphatic carbocycles. The summed E-state index contributed by atoms with van der Waals surface area (Å²) in [6.07, 6.45) is 10.1. The third-order valence-electron chi connectivity index (χ3n) is 4.80. The number of pyridine rings is 1. The highest BCUT2D eigenvalue weighted by Gasteiger charge is 2.30. The van der Waals surface area contributed by atoms with Crippen LogP contribution in [-0.2, 0) is 6.42 Å². The Kier molecular flexibility index (Phi) is 6.65. The maximum absolute atomic E-state index is 4.09. The van der Waals surface area contributed by atoms with Crippen LogP contribution in [0.5, 0.6) is 0 Å². The summed E-state index contributed by atoms with van der Waals surface area (Å²) in [5.74, 6) is 0.859. The van der Waals surface area contributed by atoms with E-state index in [1.54, 1.807) is 0 Å². The van der Waals surface area contributed by atoms with Crippen molar-refractivity contribution in [2.45, 2.75) is 58.0 Å². The van der Waals surface area contributed by atoms with Crippen molar-refractivity contribution >= 4 is 0 Å². The van der Waals surface area contributed by atoms with Gasteiger partial charge in [-0.15, -0.1) is 0 Å². The first-order valence-corrected chi connectivity index (χ1v) is 8.53. The third kappa shape index (κ3) is 5.08. The topological polar surface area (TPSA) is 28.2 Å². The number of hydrogen-bond acceptors (Lipinski definition) is 3. The van der Waals surface area contributed by atoms with Crippen molar-refractivity contribution < 1.29 is 0 Å². The number of aromatic nitrogens is 1. The van der Waals surface area contributed by atoms with Crippen molar-refractivity contribution in [1.82, 2.24) is 15.2 Å². The molecule has 0 aliphatic heterocycles. The zero-order valence-corrected chi connectivity index (χ0v) is 13.9. The van der Waals surface area contributed by atoms with E-state index in [0.29, 0.717) is 12.1 Å². The van der Waals surface area contributed by atoms with E-state index >= 15 is 0 Å². The van der Waals surface area contributed by atoms with Gasteiger partial charge in [-0.1, -0.05) is 13.8 Å². The second-order valence-electron chi connectivity index (χ2n) is 6.63. The molecule has 0 spiro atoms. The molecular weight excluding hydrogens is 258 g/mol. The van der Waals surface area contributed by atoms with E-state index in [2.05, 4.69) is 48.2 Å². The third-order valence-corrected chi connectivity index (χ3v) is 4.80. The fourth-order valence-electron chi connectivity index (χ4n) is 3.43. The molecule has 3 heteroatoms. The number of nitrogens with zero attached hydrogens (tertiary/aromatic N) is 2. The smallest absolute Gasteiger partial charge is 0.0270 e. The van der Waals surface area contributed by atoms with Crippen LogP contribution >= 0.6 is 0 Å². The maximum Gasteiger partial charge on any atom is 0.0270 e. The van der Waals surface area contributed by atoms with E-state index in [-0.39, 0.29) is 0 Å². The van der Waals surface area contributed by atoms with Gasteiger partial charge in [0.15, 0.2) is 0 Å². The molecule has 0 saturated heterocycles. The van der Waals surface area contributed by atoms with Crippen molar-refractivity contribution in [3.05, 3.63) is 30.1 Å². The Bertz CT molecular complexity index is 391. The minimum atomic E-state index is 0.670. The van der Waals surface area contributed by atoms with Gasteiger partial charge < -0.3 is 10.2 Å². The normalized spacial score (nSPS) is 26.2. The standard InChI is InChI=1S/C18H31N3/c1-4-10-20-17-6-5-15(2)14-18(17)21(3)13-9-16-7-11-19-12-8-16/h7-8,11-12,15,17-18,20H,4-6,9-10,13-14H2,1-3H3. The van der Waals surface area contributed by atoms with Gasteiger partial charge in [-0.05, 0) is 69.3 Å². The lowest BCUT2D eigenvalue weighted by atomic mass is 9.82. The summed E-state index contributed by atoms with van der Waals surface area (Å²) in [5, 5.41) is 3.77. The molecule has 3 unspecified atom stereocenters. The minimum Gasteiger partial charge on any atom is -0.312 e. The molecule has 0 amide bonds. The summed E-state index contributed by atoms with van der Waals surface area (Å²) in [4.78, 5) is 6.67. The first kappa shape index (κ1) is 16.4. The van der Waals surface area contributed by atoms with Gasteiger partial charge >= 0.3 is 0 Å². The van der Waals surface area contributed by atoms with Gasteiger partial charge in [0.1, 0.15) is 0 Å². The Hall–Kier alpha value is -0.930. The predicted molar refractivity (Wildman–Crippen MR) is 89.5 cm³/mol. The van der Waals surface area contributed by atoms with Crippen LogP contribution in [0.4, 0.5) is 0 Å². The molecule has 1 saturated carbocycles. The van der Waals surface area contributed by atoms with Crippen LogP contribution in [0.15, 0.2) is 24.5 Å². The molecule has 1 N–H and O–H groups in total. The van der Waals surface area contributed by atoms with Gasteiger partial charge in [-0.25, -0.2) is 0 Å². The first-order chi connectivity index (χ1) is 10.2. The summed E-state index contributed by atoms with van der Waals surface area (Å²) in [7, 11) is 2.30. The molecule has 3 atom stereocenters. The van der Waals surface area contributed by atoms with Crippen LogP contribution in [0.3, 0.4) is 0 Å². The van der Waals surface area contributed by atoms with Gasteiger partial charge in [0, 0.05) is 31.0 Å². The van der Waals surface area contributed by atoms with Crippen molar-refractivity contribution in [3.8, 4) is 0 Å². The second-order valence-corrected chi connectivity index (χ2v) is 6.63. The molecule has 1 aromatic heterocycles. The first-order valence-electron chi connectivity index (χ1n) is 8.53. The zero-order chi connectivity index (χ0) is 15.1. The van der Waals surface area contributed by atoms with Crippen LogP contribution in [0.2, 0.25) is 0 Å². The van der Waals surface area contributed by atoms with Crippen LogP contribution in [0, 0.1) is 5.92 Å². The summed E-state index contributed by atoms with van der Waals surface area (Å²) in [6, 6.07) is 5.61. The van der Waals surface area contributed by atoms with E-state index in [0.717, 1.165) is 25.4 Å². The van der Waals surface area contributed by atoms with Gasteiger partial charge in [-0.2, -0.15) is 0 Å². The largest absolute Gasteiger partial charge is 0.312 e. The molecule has 1 heterocycles. The maximum atomic E-state index is 4.09. The molecular formula is C18H31N3. The lowest BCUT2D eigenvalue weighted by Gasteiger charge is -2.41. The molecule has 2 rings (SSSR count). The number of hydrogen-bond donors (Lipinski definition) is 1. The van der Waals surface area contributed by atoms with Gasteiger partial charge in [0.25, 0.3) is 0 Å². The Labute approximate surface area is 130 Å². The second kappa shape index (κ2) is 8.50. The summed E-state index contributed by atoms with van der Waals surface area (Å²) < 4.78 is 0. The summed E-state index contributed by atoms with van der Waals surface area (Å²) in [6.45, 7) is 6.93. The van der Waals surface area contributed by atoms with Gasteiger partial charge in [-0.3, -0.25) is 4.98 Å². The molecule has 1 aromatic rings. The number of nitrogens with one attached hydrogen (secondary N) is 1. The molecule has 0 radical (unpaired) electrons. The van der Waals surface area contributed by atoms with Crippen molar-refractivity contribution in [2.75, 3.05) is 20.1 Å². The molecule has 118 valence electrons. The highest BCUT2D eigenvalue weighted by atomic mass is 15.2. The molecule has 1 fully saturated rings. The molecule has 0 aromatic carbocycles. The fraction of sp³-hybridized carbons (Fsp3) is 0.722. The fourth-order valence-corrected chi connectivity index (χ4v) is 3.43. The van der Waals surface area contributed by atoms with E-state index < -0.39 is 0 Å². The highest BCUT2D eigenvalue weighted by Crippen LogP contribution is 2.27. The van der Waals surface area contributed by atoms with Gasteiger partial charge in [0.2, 0.25) is 0 Å². The lowest BCUT2D eigenvalue weighted by molar-refractivity contribution is 0.126. The molecule has 0 bridgehead atoms. The van der Waals surface area contributed by atoms with E-state index in [1.165, 1.54) is 31.2 Å². The highest BCUT2D eigenvalue weighted by molar-refractivity contribution is 5.10. The Morgan fingerprint density at radius 3 is 2.76 bits per heavy atom. The Morgan fingerprint density at radius 1 is 1.29 bits per heavy atom. The summed E-state index contributed by atoms with van der Waals surface area (Å²) in [5.41, 5.74) is 1.39. The Balaban J connectivity index is 1.88. The number of rotatable bonds is 7. The zero-order valence-electron chi connectivity index (χ0n) is 13.9. The molecule has 21 heavy (non-hydrogen) atoms. The van der Waals surface area contributed by atoms with Crippen LogP contribution in [0.1, 0.15) is 45.1 Å². The minimum absolute atomic E-state index is 0.670. The van der Waals surface area contributed by atoms with Crippen LogP contribution in [-0.4, -0.2) is 42.1 Å². The van der Waals surface area contributed by atoms with Crippen molar-refractivity contribution in [1.29, 1.82) is 0 Å². The molecule has 3 nitrogen and oxygen atoms in total. The monoisotopic (exact) mass is 289 g/mol. The van der Waals surface area contributed by atoms with Crippen LogP contribution in [0.25, 0.3) is 0 Å². The van der Waals surface area contributed by atoms with Crippen molar-refractivity contribution in [2.24, 2.45) is 5.92 Å². The average Bonchev–Trinajstić information content (AvgIpc) is 2.52. The predicted octanol–water partition coefficient (Wildman–Crippen LogP) is 3.11. The van der Waals surface area contributed by atoms with Gasteiger partial charge in [0.05, 0.1) is 0 Å². The van der Waals surface area contributed by atoms with Crippen LogP contribution < -0.4 is 5.32 Å².